The Kier molecular flexibility index (Phi) is 4.75. The first-order chi connectivity index (χ1) is 11.5. The van der Waals surface area contributed by atoms with Crippen LogP contribution in [0.4, 0.5) is 0 Å². The number of fused-ring (bicyclic) bond motifs is 1. The zero-order chi connectivity index (χ0) is 17.1. The molecule has 2 aliphatic heterocycles. The highest BCUT2D eigenvalue weighted by Gasteiger charge is 2.28. The summed E-state index contributed by atoms with van der Waals surface area (Å²) in [6, 6.07) is 5.25. The average Bonchev–Trinajstić information content (AvgIpc) is 3.14. The van der Waals surface area contributed by atoms with Gasteiger partial charge >= 0.3 is 5.97 Å². The van der Waals surface area contributed by atoms with Gasteiger partial charge in [0.25, 0.3) is 0 Å². The number of phenolic OH excluding ortho intramolecular Hbond substituents is 1. The molecular weight excluding hydrogens is 330 g/mol. The van der Waals surface area contributed by atoms with E-state index in [0.717, 1.165) is 29.5 Å². The third kappa shape index (κ3) is 3.70. The van der Waals surface area contributed by atoms with E-state index in [2.05, 4.69) is 10.3 Å². The fourth-order valence-electron chi connectivity index (χ4n) is 2.59. The number of carbonyl (C=O) groups excluding carboxylic acids is 1. The van der Waals surface area contributed by atoms with E-state index in [4.69, 9.17) is 0 Å². The molecule has 1 aromatic carbocycles. The molecular formula is C16H17N3O4S. The number of amides is 1. The Labute approximate surface area is 143 Å². The normalized spacial score (nSPS) is 17.1. The second kappa shape index (κ2) is 6.96. The van der Waals surface area contributed by atoms with Gasteiger partial charge in [0.2, 0.25) is 5.91 Å². The summed E-state index contributed by atoms with van der Waals surface area (Å²) >= 11 is 1.49. The first-order valence-corrected chi connectivity index (χ1v) is 8.38. The molecule has 0 aromatic heterocycles. The molecule has 0 radical (unpaired) electrons. The predicted molar refractivity (Wildman–Crippen MR) is 90.7 cm³/mol. The van der Waals surface area contributed by atoms with E-state index in [-0.39, 0.29) is 24.5 Å². The lowest BCUT2D eigenvalue weighted by atomic mass is 10.1. The van der Waals surface area contributed by atoms with Crippen molar-refractivity contribution in [3.8, 4) is 5.75 Å². The van der Waals surface area contributed by atoms with Crippen LogP contribution in [0.1, 0.15) is 12.0 Å². The summed E-state index contributed by atoms with van der Waals surface area (Å²) in [4.78, 5) is 29.9. The van der Waals surface area contributed by atoms with E-state index in [1.807, 2.05) is 10.3 Å². The molecule has 126 valence electrons. The molecule has 1 amide bonds. The van der Waals surface area contributed by atoms with Crippen LogP contribution in [0.3, 0.4) is 0 Å². The number of rotatable bonds is 6. The van der Waals surface area contributed by atoms with Crippen molar-refractivity contribution in [2.75, 3.05) is 13.1 Å². The van der Waals surface area contributed by atoms with Crippen LogP contribution in [0.5, 0.6) is 5.75 Å². The Hall–Kier alpha value is -2.48. The van der Waals surface area contributed by atoms with Crippen LogP contribution in [-0.2, 0) is 16.0 Å². The van der Waals surface area contributed by atoms with Crippen LogP contribution in [0.25, 0.3) is 0 Å². The maximum atomic E-state index is 12.2. The van der Waals surface area contributed by atoms with Crippen molar-refractivity contribution in [3.63, 3.8) is 0 Å². The largest absolute Gasteiger partial charge is 0.508 e. The molecule has 7 nitrogen and oxygen atoms in total. The highest BCUT2D eigenvalue weighted by Crippen LogP contribution is 2.30. The molecule has 2 heterocycles. The number of thioether (sulfide) groups is 1. The number of carbonyl (C=O) groups is 2. The van der Waals surface area contributed by atoms with Gasteiger partial charge in [0.1, 0.15) is 11.8 Å². The number of amidine groups is 1. The molecule has 1 unspecified atom stereocenters. The number of hydrogen-bond donors (Lipinski definition) is 3. The minimum atomic E-state index is -1.09. The van der Waals surface area contributed by atoms with Gasteiger partial charge in [0.05, 0.1) is 13.0 Å². The maximum absolute atomic E-state index is 12.2. The summed E-state index contributed by atoms with van der Waals surface area (Å²) in [5, 5.41) is 24.0. The summed E-state index contributed by atoms with van der Waals surface area (Å²) in [6.07, 6.45) is 0.289. The van der Waals surface area contributed by atoms with Gasteiger partial charge in [-0.2, -0.15) is 0 Å². The van der Waals surface area contributed by atoms with Crippen LogP contribution < -0.4 is 5.32 Å². The van der Waals surface area contributed by atoms with E-state index >= 15 is 0 Å². The van der Waals surface area contributed by atoms with Crippen molar-refractivity contribution >= 4 is 28.8 Å². The fraction of sp³-hybridized carbons (Fsp3) is 0.312. The number of carboxylic acids is 1. The van der Waals surface area contributed by atoms with Gasteiger partial charge in [-0.1, -0.05) is 23.9 Å². The van der Waals surface area contributed by atoms with Gasteiger partial charge < -0.3 is 20.4 Å². The highest BCUT2D eigenvalue weighted by molar-refractivity contribution is 8.16. The van der Waals surface area contributed by atoms with Gasteiger partial charge in [-0.25, -0.2) is 4.79 Å². The lowest BCUT2D eigenvalue weighted by Gasteiger charge is -2.18. The van der Waals surface area contributed by atoms with E-state index in [9.17, 15) is 19.8 Å². The van der Waals surface area contributed by atoms with Crippen molar-refractivity contribution in [3.05, 3.63) is 40.9 Å². The fourth-order valence-corrected chi connectivity index (χ4v) is 3.55. The third-order valence-corrected chi connectivity index (χ3v) is 4.75. The molecule has 3 rings (SSSR count). The van der Waals surface area contributed by atoms with E-state index in [0.29, 0.717) is 0 Å². The number of carboxylic acid groups (broad SMARTS) is 1. The molecule has 0 saturated carbocycles. The van der Waals surface area contributed by atoms with Crippen LogP contribution in [0, 0.1) is 0 Å². The Balaban J connectivity index is 1.59. The number of nitrogens with zero attached hydrogens (tertiary/aromatic N) is 2. The average molecular weight is 347 g/mol. The van der Waals surface area contributed by atoms with Crippen LogP contribution in [-0.4, -0.2) is 51.3 Å². The lowest BCUT2D eigenvalue weighted by Crippen LogP contribution is -2.42. The lowest BCUT2D eigenvalue weighted by molar-refractivity contribution is -0.141. The summed E-state index contributed by atoms with van der Waals surface area (Å²) in [5.41, 5.74) is 1.58. The van der Waals surface area contributed by atoms with Gasteiger partial charge in [0, 0.05) is 18.7 Å². The van der Waals surface area contributed by atoms with Crippen molar-refractivity contribution in [1.29, 1.82) is 0 Å². The SMILES string of the molecule is O=C(CC1=CSC2=NCCN12)NC(Cc1ccc(O)cc1)C(=O)O. The van der Waals surface area contributed by atoms with Crippen LogP contribution in [0.15, 0.2) is 40.4 Å². The van der Waals surface area contributed by atoms with Crippen molar-refractivity contribution in [1.82, 2.24) is 10.2 Å². The number of nitrogens with one attached hydrogen (secondary N) is 1. The van der Waals surface area contributed by atoms with Crippen molar-refractivity contribution < 1.29 is 19.8 Å². The Morgan fingerprint density at radius 3 is 2.79 bits per heavy atom. The standard InChI is InChI=1S/C16H17N3O4S/c20-12-3-1-10(2-4-12)7-13(15(22)23)18-14(21)8-11-9-24-16-17-5-6-19(11)16/h1-4,9,13,20H,5-8H2,(H,18,21)(H,22,23). The van der Waals surface area contributed by atoms with Gasteiger partial charge in [0.15, 0.2) is 5.17 Å². The maximum Gasteiger partial charge on any atom is 0.326 e. The number of benzene rings is 1. The van der Waals surface area contributed by atoms with E-state index in [1.54, 1.807) is 12.1 Å². The number of hydrogen-bond acceptors (Lipinski definition) is 6. The minimum absolute atomic E-state index is 0.114. The van der Waals surface area contributed by atoms with E-state index < -0.39 is 12.0 Å². The van der Waals surface area contributed by atoms with Crippen molar-refractivity contribution in [2.24, 2.45) is 4.99 Å². The van der Waals surface area contributed by atoms with E-state index in [1.165, 1.54) is 23.9 Å². The first kappa shape index (κ1) is 16.4. The summed E-state index contributed by atoms with van der Waals surface area (Å²) in [5.74, 6) is -1.31. The third-order valence-electron chi connectivity index (χ3n) is 3.80. The molecule has 24 heavy (non-hydrogen) atoms. The van der Waals surface area contributed by atoms with Crippen LogP contribution >= 0.6 is 11.8 Å². The Morgan fingerprint density at radius 1 is 1.33 bits per heavy atom. The molecule has 0 saturated heterocycles. The minimum Gasteiger partial charge on any atom is -0.508 e. The van der Waals surface area contributed by atoms with Crippen molar-refractivity contribution in [2.45, 2.75) is 18.9 Å². The molecule has 2 aliphatic rings. The monoisotopic (exact) mass is 347 g/mol. The number of aromatic hydroxyl groups is 1. The molecule has 1 aromatic rings. The quantitative estimate of drug-likeness (QED) is 0.713. The zero-order valence-electron chi connectivity index (χ0n) is 12.8. The molecule has 1 atom stereocenters. The highest BCUT2D eigenvalue weighted by atomic mass is 32.2. The molecule has 0 bridgehead atoms. The number of aliphatic carboxylic acids is 1. The predicted octanol–water partition coefficient (Wildman–Crippen LogP) is 1.15. The smallest absolute Gasteiger partial charge is 0.326 e. The number of aliphatic imine (C=N–C) groups is 1. The topological polar surface area (TPSA) is 102 Å². The molecule has 3 N–H and O–H groups in total. The van der Waals surface area contributed by atoms with Gasteiger partial charge in [-0.05, 0) is 23.1 Å². The second-order valence-electron chi connectivity index (χ2n) is 5.55. The summed E-state index contributed by atoms with van der Waals surface area (Å²) < 4.78 is 0. The summed E-state index contributed by atoms with van der Waals surface area (Å²) in [6.45, 7) is 1.48. The second-order valence-corrected chi connectivity index (χ2v) is 6.39. The Morgan fingerprint density at radius 2 is 2.08 bits per heavy atom. The van der Waals surface area contributed by atoms with Gasteiger partial charge in [-0.15, -0.1) is 0 Å². The first-order valence-electron chi connectivity index (χ1n) is 7.50. The number of phenols is 1. The molecule has 0 fully saturated rings. The molecule has 0 aliphatic carbocycles. The Bertz CT molecular complexity index is 715. The molecule has 8 heteroatoms. The zero-order valence-corrected chi connectivity index (χ0v) is 13.6. The van der Waals surface area contributed by atoms with Crippen LogP contribution in [0.2, 0.25) is 0 Å². The summed E-state index contributed by atoms with van der Waals surface area (Å²) in [7, 11) is 0. The molecule has 0 spiro atoms. The van der Waals surface area contributed by atoms with Gasteiger partial charge in [-0.3, -0.25) is 9.79 Å².